The van der Waals surface area contributed by atoms with Gasteiger partial charge in [-0.15, -0.1) is 0 Å². The van der Waals surface area contributed by atoms with Crippen molar-refractivity contribution in [1.82, 2.24) is 5.32 Å². The van der Waals surface area contributed by atoms with Gasteiger partial charge in [-0.05, 0) is 105 Å². The van der Waals surface area contributed by atoms with E-state index in [1.807, 2.05) is 6.07 Å². The Balaban J connectivity index is 1.13. The van der Waals surface area contributed by atoms with Gasteiger partial charge in [-0.1, -0.05) is 13.8 Å². The van der Waals surface area contributed by atoms with Crippen molar-refractivity contribution < 1.29 is 38.9 Å². The Bertz CT molecular complexity index is 1440. The molecular weight excluding hydrogens is 620 g/mol. The molecule has 0 spiro atoms. The average molecular weight is 673 g/mol. The van der Waals surface area contributed by atoms with E-state index in [9.17, 15) is 34.5 Å². The summed E-state index contributed by atoms with van der Waals surface area (Å²) >= 11 is 0. The number of carbonyl (C=O) groups is 3. The van der Waals surface area contributed by atoms with Crippen LogP contribution in [0.15, 0.2) is 32.6 Å². The van der Waals surface area contributed by atoms with Crippen LogP contribution in [0.2, 0.25) is 0 Å². The van der Waals surface area contributed by atoms with Gasteiger partial charge in [0, 0.05) is 37.3 Å². The number of guanidine groups is 1. The molecule has 1 aromatic rings. The number of carboxylic acid groups (broad SMARTS) is 1. The molecule has 0 aliphatic heterocycles. The van der Waals surface area contributed by atoms with E-state index in [2.05, 4.69) is 24.2 Å². The molecule has 5 rings (SSSR count). The Labute approximate surface area is 280 Å². The lowest BCUT2D eigenvalue weighted by Gasteiger charge is -2.66. The number of rotatable bonds is 12. The maximum absolute atomic E-state index is 12.8. The number of hydrogen-bond donors (Lipinski definition) is 6. The van der Waals surface area contributed by atoms with E-state index in [-0.39, 0.29) is 67.0 Å². The van der Waals surface area contributed by atoms with Crippen molar-refractivity contribution in [2.75, 3.05) is 6.54 Å². The zero-order valence-corrected chi connectivity index (χ0v) is 28.1. The van der Waals surface area contributed by atoms with E-state index in [0.29, 0.717) is 44.9 Å². The maximum atomic E-state index is 12.8. The molecule has 4 saturated carbocycles. The Kier molecular flexibility index (Phi) is 10.3. The lowest BCUT2D eigenvalue weighted by molar-refractivity contribution is -0.255. The molecule has 1 heterocycles. The second-order valence-corrected chi connectivity index (χ2v) is 15.2. The number of fused-ring (bicyclic) bond motifs is 5. The Morgan fingerprint density at radius 1 is 1.00 bits per heavy atom. The zero-order valence-electron chi connectivity index (χ0n) is 28.1. The molecule has 0 radical (unpaired) electrons. The van der Waals surface area contributed by atoms with Gasteiger partial charge in [0.2, 0.25) is 5.91 Å². The SMILES string of the molecule is C[C@]12CC[C@H](OC(=O)CCCC(=O)N[C@@H](CCCN=C(N)N)C(=O)O)C[C@@]1(O)CC[C@@H]1[C@@H]2CC[C@]2(C)[C@@H](c3ccc(=O)oc3)CC[C@]12O. The highest BCUT2D eigenvalue weighted by atomic mass is 16.5. The topological polar surface area (TPSA) is 228 Å². The third-order valence-corrected chi connectivity index (χ3v) is 12.7. The highest BCUT2D eigenvalue weighted by Gasteiger charge is 2.70. The Morgan fingerprint density at radius 3 is 2.42 bits per heavy atom. The minimum absolute atomic E-state index is 0.00412. The van der Waals surface area contributed by atoms with Crippen LogP contribution < -0.4 is 22.4 Å². The molecule has 0 bridgehead atoms. The van der Waals surface area contributed by atoms with Gasteiger partial charge in [0.05, 0.1) is 17.5 Å². The Hall–Kier alpha value is -3.45. The fraction of sp³-hybridized carbons (Fsp3) is 0.743. The van der Waals surface area contributed by atoms with Gasteiger partial charge >= 0.3 is 17.6 Å². The highest BCUT2D eigenvalue weighted by molar-refractivity contribution is 5.83. The normalized spacial score (nSPS) is 36.1. The number of aliphatic imine (C=N–C) groups is 1. The first-order valence-corrected chi connectivity index (χ1v) is 17.4. The van der Waals surface area contributed by atoms with Gasteiger partial charge < -0.3 is 41.3 Å². The number of carboxylic acids is 1. The first-order chi connectivity index (χ1) is 22.6. The number of carbonyl (C=O) groups excluding carboxylic acids is 2. The second-order valence-electron chi connectivity index (χ2n) is 15.2. The predicted molar refractivity (Wildman–Crippen MR) is 176 cm³/mol. The van der Waals surface area contributed by atoms with Crippen molar-refractivity contribution in [3.63, 3.8) is 0 Å². The third-order valence-electron chi connectivity index (χ3n) is 12.7. The van der Waals surface area contributed by atoms with Crippen LogP contribution in [0.5, 0.6) is 0 Å². The molecule has 4 aliphatic rings. The zero-order chi connectivity index (χ0) is 34.9. The lowest BCUT2D eigenvalue weighted by atomic mass is 9.42. The summed E-state index contributed by atoms with van der Waals surface area (Å²) in [6.45, 7) is 4.58. The number of nitrogens with two attached hydrogens (primary N) is 2. The smallest absolute Gasteiger partial charge is 0.335 e. The molecule has 13 heteroatoms. The standard InChI is InChI=1S/C35H52N4O9/c1-32-14-10-22(48-29(42)7-3-6-27(40)39-26(30(43)44)5-4-18-38-31(36)37)19-34(32,45)16-12-25-24(32)11-15-33(2)23(13-17-35(25,33)46)21-8-9-28(41)47-20-21/h8-9,20,22-26,45-46H,3-7,10-19H2,1-2H3,(H,39,40)(H,43,44)(H4,36,37,38)/t22-,23+,24-,25+,26-,32+,33+,34-,35-/m0/s1. The third kappa shape index (κ3) is 6.72. The predicted octanol–water partition coefficient (Wildman–Crippen LogP) is 2.70. The van der Waals surface area contributed by atoms with Gasteiger partial charge in [-0.3, -0.25) is 14.6 Å². The first kappa shape index (κ1) is 35.8. The number of nitrogens with one attached hydrogen (secondary N) is 1. The lowest BCUT2D eigenvalue weighted by Crippen LogP contribution is -2.67. The fourth-order valence-corrected chi connectivity index (χ4v) is 10.0. The van der Waals surface area contributed by atoms with Crippen LogP contribution >= 0.6 is 0 Å². The van der Waals surface area contributed by atoms with Crippen molar-refractivity contribution in [3.8, 4) is 0 Å². The molecule has 8 N–H and O–H groups in total. The van der Waals surface area contributed by atoms with E-state index in [4.69, 9.17) is 20.6 Å². The molecule has 48 heavy (non-hydrogen) atoms. The van der Waals surface area contributed by atoms with Crippen LogP contribution in [-0.4, -0.2) is 69.0 Å². The van der Waals surface area contributed by atoms with Crippen LogP contribution in [0.4, 0.5) is 0 Å². The van der Waals surface area contributed by atoms with Crippen LogP contribution in [0.25, 0.3) is 0 Å². The van der Waals surface area contributed by atoms with Gasteiger partial charge in [-0.25, -0.2) is 9.59 Å². The summed E-state index contributed by atoms with van der Waals surface area (Å²) in [5.74, 6) is -1.91. The highest BCUT2D eigenvalue weighted by Crippen LogP contribution is 2.71. The van der Waals surface area contributed by atoms with Crippen LogP contribution in [-0.2, 0) is 19.1 Å². The van der Waals surface area contributed by atoms with Crippen molar-refractivity contribution in [3.05, 3.63) is 34.4 Å². The average Bonchev–Trinajstić information content (AvgIpc) is 3.30. The van der Waals surface area contributed by atoms with E-state index < -0.39 is 46.6 Å². The fourth-order valence-electron chi connectivity index (χ4n) is 10.0. The van der Waals surface area contributed by atoms with Crippen molar-refractivity contribution in [2.45, 2.75) is 133 Å². The number of esters is 1. The number of amides is 1. The van der Waals surface area contributed by atoms with E-state index in [1.165, 1.54) is 6.07 Å². The molecule has 9 atom stereocenters. The number of nitrogens with zero attached hydrogens (tertiary/aromatic N) is 1. The maximum Gasteiger partial charge on any atom is 0.335 e. The largest absolute Gasteiger partial charge is 0.480 e. The molecule has 1 amide bonds. The molecule has 266 valence electrons. The van der Waals surface area contributed by atoms with Crippen molar-refractivity contribution in [1.29, 1.82) is 0 Å². The second kappa shape index (κ2) is 13.8. The van der Waals surface area contributed by atoms with Gasteiger partial charge in [0.25, 0.3) is 0 Å². The van der Waals surface area contributed by atoms with Crippen molar-refractivity contribution in [2.24, 2.45) is 39.1 Å². The molecule has 0 unspecified atom stereocenters. The Morgan fingerprint density at radius 2 is 1.73 bits per heavy atom. The van der Waals surface area contributed by atoms with Crippen molar-refractivity contribution >= 4 is 23.8 Å². The number of aliphatic carboxylic acids is 1. The summed E-state index contributed by atoms with van der Waals surface area (Å²) in [6.07, 6.45) is 7.80. The van der Waals surface area contributed by atoms with E-state index in [1.54, 1.807) is 6.26 Å². The summed E-state index contributed by atoms with van der Waals surface area (Å²) < 4.78 is 11.0. The summed E-state index contributed by atoms with van der Waals surface area (Å²) in [7, 11) is 0. The molecule has 1 aromatic heterocycles. The van der Waals surface area contributed by atoms with Gasteiger partial charge in [0.1, 0.15) is 12.1 Å². The summed E-state index contributed by atoms with van der Waals surface area (Å²) in [5, 5.41) is 36.5. The monoisotopic (exact) mass is 672 g/mol. The summed E-state index contributed by atoms with van der Waals surface area (Å²) in [5.41, 5.74) is 8.38. The molecule has 4 aliphatic carbocycles. The van der Waals surface area contributed by atoms with Crippen LogP contribution in [0.3, 0.4) is 0 Å². The molecule has 13 nitrogen and oxygen atoms in total. The molecule has 0 aromatic carbocycles. The van der Waals surface area contributed by atoms with Crippen LogP contribution in [0.1, 0.15) is 115 Å². The molecular formula is C35H52N4O9. The number of aliphatic hydroxyl groups is 2. The minimum atomic E-state index is -1.16. The molecule has 4 fully saturated rings. The summed E-state index contributed by atoms with van der Waals surface area (Å²) in [4.78, 5) is 52.1. The first-order valence-electron chi connectivity index (χ1n) is 17.4. The number of hydrogen-bond acceptors (Lipinski definition) is 9. The van der Waals surface area contributed by atoms with Gasteiger partial charge in [0.15, 0.2) is 5.96 Å². The number of ether oxygens (including phenoxy) is 1. The minimum Gasteiger partial charge on any atom is -0.480 e. The molecule has 0 saturated heterocycles. The summed E-state index contributed by atoms with van der Waals surface area (Å²) in [6, 6.07) is 2.20. The van der Waals surface area contributed by atoms with Crippen LogP contribution in [0, 0.1) is 22.7 Å². The van der Waals surface area contributed by atoms with E-state index >= 15 is 0 Å². The van der Waals surface area contributed by atoms with Gasteiger partial charge in [-0.2, -0.15) is 0 Å². The van der Waals surface area contributed by atoms with E-state index in [0.717, 1.165) is 24.8 Å². The quantitative estimate of drug-likeness (QED) is 0.0818.